The fourth-order valence-corrected chi connectivity index (χ4v) is 1.73. The molecule has 0 amide bonds. The number of alkyl halides is 3. The molecule has 0 saturated heterocycles. The van der Waals surface area contributed by atoms with Crippen molar-refractivity contribution in [1.29, 1.82) is 0 Å². The Morgan fingerprint density at radius 1 is 1.32 bits per heavy atom. The largest absolute Gasteiger partial charge is 0.433 e. The van der Waals surface area contributed by atoms with E-state index in [0.29, 0.717) is 12.1 Å². The Balaban J connectivity index is 2.22. The fraction of sp³-hybridized carbons (Fsp3) is 0.273. The van der Waals surface area contributed by atoms with E-state index in [0.717, 1.165) is 11.6 Å². The van der Waals surface area contributed by atoms with Crippen molar-refractivity contribution < 1.29 is 13.2 Å². The second-order valence-electron chi connectivity index (χ2n) is 3.89. The van der Waals surface area contributed by atoms with Gasteiger partial charge in [-0.25, -0.2) is 4.98 Å². The first kappa shape index (κ1) is 13.8. The predicted molar refractivity (Wildman–Crippen MR) is 63.5 cm³/mol. The Morgan fingerprint density at radius 2 is 2.05 bits per heavy atom. The maximum Gasteiger partial charge on any atom is 0.433 e. The Bertz CT molecular complexity index is 580. The van der Waals surface area contributed by atoms with Crippen molar-refractivity contribution in [2.24, 2.45) is 5.73 Å². The Morgan fingerprint density at radius 3 is 2.58 bits per heavy atom. The molecular formula is C11H10ClF3N4. The molecule has 19 heavy (non-hydrogen) atoms. The third kappa shape index (κ3) is 3.24. The van der Waals surface area contributed by atoms with E-state index in [1.54, 1.807) is 17.1 Å². The van der Waals surface area contributed by atoms with E-state index >= 15 is 0 Å². The molecule has 0 unspecified atom stereocenters. The molecule has 2 heterocycles. The van der Waals surface area contributed by atoms with E-state index < -0.39 is 11.9 Å². The van der Waals surface area contributed by atoms with Crippen LogP contribution in [0.15, 0.2) is 24.5 Å². The molecule has 0 aliphatic rings. The van der Waals surface area contributed by atoms with Crippen molar-refractivity contribution in [3.63, 3.8) is 0 Å². The van der Waals surface area contributed by atoms with Gasteiger partial charge in [0.2, 0.25) is 0 Å². The molecule has 0 aliphatic carbocycles. The van der Waals surface area contributed by atoms with E-state index in [-0.39, 0.29) is 11.7 Å². The number of aromatic nitrogens is 3. The van der Waals surface area contributed by atoms with Gasteiger partial charge in [0.15, 0.2) is 0 Å². The van der Waals surface area contributed by atoms with Gasteiger partial charge in [-0.3, -0.25) is 4.68 Å². The van der Waals surface area contributed by atoms with Gasteiger partial charge in [0, 0.05) is 23.9 Å². The summed E-state index contributed by atoms with van der Waals surface area (Å²) in [5.41, 5.74) is 5.72. The monoisotopic (exact) mass is 290 g/mol. The first-order chi connectivity index (χ1) is 8.90. The fourth-order valence-electron chi connectivity index (χ4n) is 1.51. The number of hydrogen-bond acceptors (Lipinski definition) is 3. The first-order valence-corrected chi connectivity index (χ1v) is 5.72. The molecule has 2 aromatic rings. The van der Waals surface area contributed by atoms with Crippen LogP contribution in [0.1, 0.15) is 16.8 Å². The lowest BCUT2D eigenvalue weighted by molar-refractivity contribution is -0.141. The van der Waals surface area contributed by atoms with Crippen LogP contribution in [0, 0.1) is 0 Å². The van der Waals surface area contributed by atoms with Crippen LogP contribution in [-0.2, 0) is 19.3 Å². The van der Waals surface area contributed by atoms with Gasteiger partial charge in [-0.15, -0.1) is 0 Å². The number of halogens is 4. The van der Waals surface area contributed by atoms with Crippen LogP contribution in [0.5, 0.6) is 0 Å². The third-order valence-electron chi connectivity index (χ3n) is 2.47. The third-order valence-corrected chi connectivity index (χ3v) is 2.80. The minimum absolute atomic E-state index is 0.181. The summed E-state index contributed by atoms with van der Waals surface area (Å²) in [7, 11) is 0. The van der Waals surface area contributed by atoms with Crippen LogP contribution in [0.4, 0.5) is 13.2 Å². The van der Waals surface area contributed by atoms with Crippen molar-refractivity contribution >= 4 is 11.6 Å². The maximum absolute atomic E-state index is 12.4. The average Bonchev–Trinajstić information content (AvgIpc) is 2.78. The highest BCUT2D eigenvalue weighted by Gasteiger charge is 2.32. The average molecular weight is 291 g/mol. The Hall–Kier alpha value is -1.60. The minimum Gasteiger partial charge on any atom is -0.326 e. The molecule has 0 aromatic carbocycles. The highest BCUT2D eigenvalue weighted by Crippen LogP contribution is 2.29. The normalized spacial score (nSPS) is 11.8. The van der Waals surface area contributed by atoms with Crippen molar-refractivity contribution in [3.8, 4) is 0 Å². The zero-order valence-electron chi connectivity index (χ0n) is 9.65. The summed E-state index contributed by atoms with van der Waals surface area (Å²) in [5, 5.41) is 3.84. The van der Waals surface area contributed by atoms with Crippen molar-refractivity contribution in [2.75, 3.05) is 0 Å². The van der Waals surface area contributed by atoms with Gasteiger partial charge in [0.05, 0.1) is 12.7 Å². The van der Waals surface area contributed by atoms with Crippen LogP contribution >= 0.6 is 11.6 Å². The molecule has 8 heteroatoms. The summed E-state index contributed by atoms with van der Waals surface area (Å²) in [4.78, 5) is 3.34. The van der Waals surface area contributed by atoms with Gasteiger partial charge >= 0.3 is 6.18 Å². The quantitative estimate of drug-likeness (QED) is 0.884. The highest BCUT2D eigenvalue weighted by atomic mass is 35.5. The number of hydrogen-bond donors (Lipinski definition) is 1. The molecule has 2 N–H and O–H groups in total. The lowest BCUT2D eigenvalue weighted by Gasteiger charge is -2.09. The maximum atomic E-state index is 12.4. The van der Waals surface area contributed by atoms with E-state index in [4.69, 9.17) is 17.3 Å². The summed E-state index contributed by atoms with van der Waals surface area (Å²) in [6.07, 6.45) is -1.21. The molecule has 0 bridgehead atoms. The molecule has 0 atom stereocenters. The number of nitrogens with two attached hydrogens (primary N) is 1. The van der Waals surface area contributed by atoms with Crippen molar-refractivity contribution in [2.45, 2.75) is 19.3 Å². The molecule has 102 valence electrons. The summed E-state index contributed by atoms with van der Waals surface area (Å²) in [5.74, 6) is 0. The summed E-state index contributed by atoms with van der Waals surface area (Å²) in [6.45, 7) is 0.586. The topological polar surface area (TPSA) is 56.7 Å². The summed E-state index contributed by atoms with van der Waals surface area (Å²) in [6, 6.07) is 2.19. The van der Waals surface area contributed by atoms with E-state index in [2.05, 4.69) is 10.1 Å². The molecule has 0 aliphatic heterocycles. The lowest BCUT2D eigenvalue weighted by atomic mass is 10.2. The van der Waals surface area contributed by atoms with Crippen LogP contribution in [-0.4, -0.2) is 14.8 Å². The van der Waals surface area contributed by atoms with Crippen LogP contribution in [0.25, 0.3) is 0 Å². The summed E-state index contributed by atoms with van der Waals surface area (Å²) < 4.78 is 38.8. The zero-order chi connectivity index (χ0) is 14.0. The van der Waals surface area contributed by atoms with Crippen molar-refractivity contribution in [1.82, 2.24) is 14.8 Å². The zero-order valence-corrected chi connectivity index (χ0v) is 10.4. The Kier molecular flexibility index (Phi) is 3.77. The van der Waals surface area contributed by atoms with Crippen LogP contribution in [0.3, 0.4) is 0 Å². The molecule has 2 aromatic heterocycles. The van der Waals surface area contributed by atoms with Gasteiger partial charge in [-0.1, -0.05) is 17.7 Å². The smallest absolute Gasteiger partial charge is 0.326 e. The molecule has 0 saturated carbocycles. The lowest BCUT2D eigenvalue weighted by Crippen LogP contribution is -2.10. The van der Waals surface area contributed by atoms with Gasteiger partial charge in [0.1, 0.15) is 10.8 Å². The first-order valence-electron chi connectivity index (χ1n) is 5.34. The van der Waals surface area contributed by atoms with Gasteiger partial charge in [0.25, 0.3) is 0 Å². The molecule has 0 fully saturated rings. The van der Waals surface area contributed by atoms with Crippen LogP contribution in [0.2, 0.25) is 5.15 Å². The number of rotatable bonds is 3. The van der Waals surface area contributed by atoms with Crippen LogP contribution < -0.4 is 5.73 Å². The number of pyridine rings is 1. The molecule has 0 spiro atoms. The SMILES string of the molecule is NCc1cnn(Cc2ccc(C(F)(F)F)nc2Cl)c1. The van der Waals surface area contributed by atoms with Crippen molar-refractivity contribution in [3.05, 3.63) is 46.5 Å². The summed E-state index contributed by atoms with van der Waals surface area (Å²) >= 11 is 5.75. The van der Waals surface area contributed by atoms with Gasteiger partial charge in [-0.2, -0.15) is 18.3 Å². The Labute approximate surface area is 112 Å². The van der Waals surface area contributed by atoms with Gasteiger partial charge in [-0.05, 0) is 6.07 Å². The standard InChI is InChI=1S/C11H10ClF3N4/c12-10-8(1-2-9(18-10)11(13,14)15)6-19-5-7(3-16)4-17-19/h1-2,4-5H,3,6,16H2. The van der Waals surface area contributed by atoms with Gasteiger partial charge < -0.3 is 5.73 Å². The molecule has 2 rings (SSSR count). The second-order valence-corrected chi connectivity index (χ2v) is 4.25. The highest BCUT2D eigenvalue weighted by molar-refractivity contribution is 6.30. The predicted octanol–water partition coefficient (Wildman–Crippen LogP) is 2.46. The minimum atomic E-state index is -4.50. The van der Waals surface area contributed by atoms with E-state index in [1.807, 2.05) is 0 Å². The van der Waals surface area contributed by atoms with E-state index in [9.17, 15) is 13.2 Å². The molecule has 4 nitrogen and oxygen atoms in total. The van der Waals surface area contributed by atoms with E-state index in [1.165, 1.54) is 6.07 Å². The second kappa shape index (κ2) is 5.18. The molecular weight excluding hydrogens is 281 g/mol. The number of nitrogens with zero attached hydrogens (tertiary/aromatic N) is 3. The molecule has 0 radical (unpaired) electrons.